The van der Waals surface area contributed by atoms with Crippen molar-refractivity contribution >= 4 is 26.4 Å². The number of fused-ring (bicyclic) bond motifs is 1. The van der Waals surface area contributed by atoms with Crippen LogP contribution in [0.4, 0.5) is 5.69 Å². The van der Waals surface area contributed by atoms with Gasteiger partial charge in [0.25, 0.3) is 5.56 Å². The van der Waals surface area contributed by atoms with E-state index in [1.807, 2.05) is 12.1 Å². The van der Waals surface area contributed by atoms with E-state index in [0.717, 1.165) is 48.5 Å². The molecule has 3 aromatic rings. The van der Waals surface area contributed by atoms with Crippen molar-refractivity contribution in [2.45, 2.75) is 4.90 Å². The predicted octanol–water partition coefficient (Wildman–Crippen LogP) is 1.77. The minimum atomic E-state index is -3.35. The summed E-state index contributed by atoms with van der Waals surface area (Å²) in [5.41, 5.74) is 3.27. The Kier molecular flexibility index (Phi) is 3.57. The van der Waals surface area contributed by atoms with Crippen LogP contribution in [-0.4, -0.2) is 50.5 Å². The van der Waals surface area contributed by atoms with Crippen LogP contribution in [0.5, 0.6) is 0 Å². The Hall–Kier alpha value is -2.58. The van der Waals surface area contributed by atoms with Gasteiger partial charge in [-0.25, -0.2) is 8.42 Å². The number of nitrogens with zero attached hydrogens (tertiary/aromatic N) is 2. The van der Waals surface area contributed by atoms with Crippen LogP contribution in [0.25, 0.3) is 22.0 Å². The number of sulfone groups is 1. The highest BCUT2D eigenvalue weighted by Crippen LogP contribution is 2.44. The highest BCUT2D eigenvalue weighted by Gasteiger charge is 2.49. The molecule has 0 amide bonds. The Labute approximate surface area is 162 Å². The molecule has 5 rings (SSSR count). The molecule has 1 N–H and O–H groups in total. The fourth-order valence-corrected chi connectivity index (χ4v) is 4.88. The normalized spacial score (nSPS) is 18.3. The molecule has 2 fully saturated rings. The first-order valence-electron chi connectivity index (χ1n) is 9.11. The summed E-state index contributed by atoms with van der Waals surface area (Å²) in [5.74, 6) is 0. The lowest BCUT2D eigenvalue weighted by atomic mass is 9.77. The molecule has 4 heterocycles. The molecule has 28 heavy (non-hydrogen) atoms. The summed E-state index contributed by atoms with van der Waals surface area (Å²) in [4.78, 5) is 18.0. The van der Waals surface area contributed by atoms with Gasteiger partial charge in [0.2, 0.25) is 0 Å². The van der Waals surface area contributed by atoms with Crippen LogP contribution in [0.1, 0.15) is 0 Å². The van der Waals surface area contributed by atoms with Crippen LogP contribution >= 0.6 is 0 Å². The number of pyridine rings is 1. The summed E-state index contributed by atoms with van der Waals surface area (Å²) in [7, 11) is -1.65. The minimum absolute atomic E-state index is 0.112. The monoisotopic (exact) mass is 399 g/mol. The largest absolute Gasteiger partial charge is 0.380 e. The lowest BCUT2D eigenvalue weighted by Crippen LogP contribution is -2.66. The molecular formula is C20H21N3O4S. The first kappa shape index (κ1) is 17.5. The Morgan fingerprint density at radius 2 is 1.89 bits per heavy atom. The molecular weight excluding hydrogens is 378 g/mol. The molecule has 0 unspecified atom stereocenters. The van der Waals surface area contributed by atoms with Gasteiger partial charge in [0.05, 0.1) is 23.5 Å². The SMILES string of the molecule is Cn1cc(-c2cc(S(C)(=O)=O)ccc2N2CC3(COC3)C2)c2cc[nH]c2c1=O. The van der Waals surface area contributed by atoms with E-state index >= 15 is 0 Å². The van der Waals surface area contributed by atoms with Gasteiger partial charge in [0.15, 0.2) is 9.84 Å². The first-order chi connectivity index (χ1) is 13.3. The zero-order chi connectivity index (χ0) is 19.7. The molecule has 0 aliphatic carbocycles. The number of aromatic nitrogens is 2. The van der Waals surface area contributed by atoms with Gasteiger partial charge in [-0.3, -0.25) is 4.79 Å². The average molecular weight is 399 g/mol. The summed E-state index contributed by atoms with van der Waals surface area (Å²) in [6.07, 6.45) is 4.73. The lowest BCUT2D eigenvalue weighted by Gasteiger charge is -2.56. The smallest absolute Gasteiger partial charge is 0.274 e. The number of hydrogen-bond acceptors (Lipinski definition) is 5. The number of aromatic amines is 1. The Morgan fingerprint density at radius 3 is 2.54 bits per heavy atom. The zero-order valence-corrected chi connectivity index (χ0v) is 16.5. The molecule has 8 heteroatoms. The number of nitrogens with one attached hydrogen (secondary N) is 1. The third kappa shape index (κ3) is 2.51. The van der Waals surface area contributed by atoms with Gasteiger partial charge in [0, 0.05) is 61.0 Å². The number of H-pyrrole nitrogens is 1. The van der Waals surface area contributed by atoms with Crippen LogP contribution in [-0.2, 0) is 21.6 Å². The molecule has 7 nitrogen and oxygen atoms in total. The molecule has 0 radical (unpaired) electrons. The maximum Gasteiger partial charge on any atom is 0.274 e. The van der Waals surface area contributed by atoms with Gasteiger partial charge in [-0.1, -0.05) is 0 Å². The summed E-state index contributed by atoms with van der Waals surface area (Å²) in [5, 5.41) is 0.789. The highest BCUT2D eigenvalue weighted by molar-refractivity contribution is 7.90. The number of hydrogen-bond donors (Lipinski definition) is 1. The van der Waals surface area contributed by atoms with E-state index in [-0.39, 0.29) is 15.9 Å². The summed E-state index contributed by atoms with van der Waals surface area (Å²) < 4.78 is 31.3. The number of rotatable bonds is 3. The van der Waals surface area contributed by atoms with Gasteiger partial charge < -0.3 is 19.2 Å². The number of aryl methyl sites for hydroxylation is 1. The molecule has 0 atom stereocenters. The van der Waals surface area contributed by atoms with Crippen LogP contribution in [0.2, 0.25) is 0 Å². The molecule has 1 aromatic carbocycles. The molecule has 2 aliphatic rings. The quantitative estimate of drug-likeness (QED) is 0.726. The van der Waals surface area contributed by atoms with E-state index in [1.165, 1.54) is 10.8 Å². The molecule has 146 valence electrons. The van der Waals surface area contributed by atoms with Crippen molar-refractivity contribution in [2.75, 3.05) is 37.5 Å². The van der Waals surface area contributed by atoms with Crippen LogP contribution in [0.3, 0.4) is 0 Å². The van der Waals surface area contributed by atoms with Crippen molar-refractivity contribution in [3.8, 4) is 11.1 Å². The Balaban J connectivity index is 1.72. The summed E-state index contributed by atoms with van der Waals surface area (Å²) >= 11 is 0. The van der Waals surface area contributed by atoms with Crippen molar-refractivity contribution in [3.05, 3.63) is 47.0 Å². The van der Waals surface area contributed by atoms with E-state index in [1.54, 1.807) is 31.6 Å². The van der Waals surface area contributed by atoms with Gasteiger partial charge in [-0.2, -0.15) is 0 Å². The van der Waals surface area contributed by atoms with Crippen LogP contribution in [0, 0.1) is 5.41 Å². The van der Waals surface area contributed by atoms with E-state index in [9.17, 15) is 13.2 Å². The molecule has 1 spiro atoms. The second-order valence-electron chi connectivity index (χ2n) is 8.03. The number of benzene rings is 1. The number of anilines is 1. The van der Waals surface area contributed by atoms with Crippen molar-refractivity contribution in [3.63, 3.8) is 0 Å². The second kappa shape index (κ2) is 5.71. The van der Waals surface area contributed by atoms with Crippen molar-refractivity contribution in [1.82, 2.24) is 9.55 Å². The maximum atomic E-state index is 12.4. The predicted molar refractivity (Wildman–Crippen MR) is 108 cm³/mol. The standard InChI is InChI=1S/C20H21N3O4S/c1-22-8-16(14-5-6-21-18(14)19(22)24)15-7-13(28(2,25)26)3-4-17(15)23-9-20(10-23)11-27-12-20/h3-8,21H,9-12H2,1-2H3. The van der Waals surface area contributed by atoms with Crippen LogP contribution < -0.4 is 10.5 Å². The first-order valence-corrected chi connectivity index (χ1v) is 11.0. The molecule has 2 aromatic heterocycles. The zero-order valence-electron chi connectivity index (χ0n) is 15.7. The van der Waals surface area contributed by atoms with Crippen molar-refractivity contribution in [1.29, 1.82) is 0 Å². The van der Waals surface area contributed by atoms with E-state index in [2.05, 4.69) is 9.88 Å². The summed E-state index contributed by atoms with van der Waals surface area (Å²) in [6, 6.07) is 7.12. The maximum absolute atomic E-state index is 12.4. The van der Waals surface area contributed by atoms with Gasteiger partial charge in [0.1, 0.15) is 5.52 Å². The van der Waals surface area contributed by atoms with E-state index in [0.29, 0.717) is 5.52 Å². The van der Waals surface area contributed by atoms with Gasteiger partial charge in [-0.15, -0.1) is 0 Å². The second-order valence-corrected chi connectivity index (χ2v) is 10.0. The third-order valence-electron chi connectivity index (χ3n) is 5.79. The highest BCUT2D eigenvalue weighted by atomic mass is 32.2. The fourth-order valence-electron chi connectivity index (χ4n) is 4.23. The van der Waals surface area contributed by atoms with Gasteiger partial charge in [-0.05, 0) is 24.3 Å². The molecule has 2 aliphatic heterocycles. The third-order valence-corrected chi connectivity index (χ3v) is 6.90. The molecule has 0 saturated carbocycles. The Morgan fingerprint density at radius 1 is 1.14 bits per heavy atom. The fraction of sp³-hybridized carbons (Fsp3) is 0.350. The minimum Gasteiger partial charge on any atom is -0.380 e. The van der Waals surface area contributed by atoms with Gasteiger partial charge >= 0.3 is 0 Å². The average Bonchev–Trinajstić information content (AvgIpc) is 3.05. The summed E-state index contributed by atoms with van der Waals surface area (Å²) in [6.45, 7) is 3.34. The van der Waals surface area contributed by atoms with Crippen LogP contribution in [0.15, 0.2) is 46.3 Å². The molecule has 0 bridgehead atoms. The lowest BCUT2D eigenvalue weighted by molar-refractivity contribution is -0.127. The Bertz CT molecular complexity index is 1260. The van der Waals surface area contributed by atoms with E-state index < -0.39 is 9.84 Å². The topological polar surface area (TPSA) is 84.4 Å². The molecule has 2 saturated heterocycles. The van der Waals surface area contributed by atoms with E-state index in [4.69, 9.17) is 4.74 Å². The van der Waals surface area contributed by atoms with Crippen molar-refractivity contribution < 1.29 is 13.2 Å². The number of ether oxygens (including phenoxy) is 1. The van der Waals surface area contributed by atoms with Crippen molar-refractivity contribution in [2.24, 2.45) is 12.5 Å².